The van der Waals surface area contributed by atoms with Crippen molar-refractivity contribution in [1.29, 1.82) is 0 Å². The molecule has 0 unspecified atom stereocenters. The molecule has 0 aromatic heterocycles. The van der Waals surface area contributed by atoms with Crippen LogP contribution in [0.4, 0.5) is 0 Å². The summed E-state index contributed by atoms with van der Waals surface area (Å²) in [5, 5.41) is 10.9. The summed E-state index contributed by atoms with van der Waals surface area (Å²) < 4.78 is 5.55. The van der Waals surface area contributed by atoms with Gasteiger partial charge in [0.05, 0.1) is 0 Å². The fourth-order valence-electron chi connectivity index (χ4n) is 3.28. The fraction of sp³-hybridized carbons (Fsp3) is 0.786. The molecule has 1 atom stereocenters. The first-order chi connectivity index (χ1) is 8.82. The van der Waals surface area contributed by atoms with Gasteiger partial charge in [0.25, 0.3) is 5.79 Å². The van der Waals surface area contributed by atoms with E-state index in [1.165, 1.54) is 0 Å². The Morgan fingerprint density at radius 1 is 1.11 bits per heavy atom. The van der Waals surface area contributed by atoms with Gasteiger partial charge in [0.15, 0.2) is 5.60 Å². The molecule has 0 amide bonds. The largest absolute Gasteiger partial charge is 0.449 e. The number of aliphatic hydroxyl groups is 1. The quantitative estimate of drug-likeness (QED) is 0.537. The van der Waals surface area contributed by atoms with Crippen LogP contribution in [0, 0.1) is 0 Å². The molecule has 1 aliphatic carbocycles. The van der Waals surface area contributed by atoms with E-state index in [4.69, 9.17) is 14.5 Å². The summed E-state index contributed by atoms with van der Waals surface area (Å²) in [4.78, 5) is 22.8. The van der Waals surface area contributed by atoms with Crippen LogP contribution in [0.1, 0.15) is 52.9 Å². The highest BCUT2D eigenvalue weighted by atomic mass is 17.2. The van der Waals surface area contributed by atoms with Crippen molar-refractivity contribution >= 4 is 5.97 Å². The first kappa shape index (κ1) is 13.1. The molecule has 106 valence electrons. The molecule has 1 saturated heterocycles. The second-order valence-corrected chi connectivity index (χ2v) is 6.27. The number of rotatable bonds is 0. The number of carbonyl (C=O) groups excluding carboxylic acids is 1. The van der Waals surface area contributed by atoms with Crippen LogP contribution in [0.2, 0.25) is 0 Å². The average molecular weight is 268 g/mol. The molecule has 1 spiro atoms. The van der Waals surface area contributed by atoms with Crippen LogP contribution in [-0.2, 0) is 19.3 Å². The number of hydrogen-bond donors (Lipinski definition) is 1. The normalized spacial score (nSPS) is 36.3. The molecule has 2 fully saturated rings. The van der Waals surface area contributed by atoms with Gasteiger partial charge in [-0.25, -0.2) is 9.68 Å². The van der Waals surface area contributed by atoms with Crippen LogP contribution < -0.4 is 0 Å². The molecule has 1 N–H and O–H groups in total. The van der Waals surface area contributed by atoms with Crippen LogP contribution in [0.25, 0.3) is 0 Å². The maximum Gasteiger partial charge on any atom is 0.340 e. The van der Waals surface area contributed by atoms with E-state index in [1.54, 1.807) is 20.8 Å². The van der Waals surface area contributed by atoms with Gasteiger partial charge in [-0.1, -0.05) is 6.42 Å². The minimum atomic E-state index is -1.76. The highest BCUT2D eigenvalue weighted by molar-refractivity contribution is 5.95. The second kappa shape index (κ2) is 3.81. The minimum Gasteiger partial charge on any atom is -0.449 e. The van der Waals surface area contributed by atoms with E-state index in [-0.39, 0.29) is 5.57 Å². The third-order valence-corrected chi connectivity index (χ3v) is 4.76. The summed E-state index contributed by atoms with van der Waals surface area (Å²) in [5.74, 6) is -2.23. The van der Waals surface area contributed by atoms with Gasteiger partial charge in [0.2, 0.25) is 0 Å². The number of fused-ring (bicyclic) bond motifs is 2. The SMILES string of the molecule is CC1=C2C(=O)OC3(CCCCC3)[C@@]2(O)OOC1(C)C. The molecule has 0 aromatic carbocycles. The molecule has 2 heterocycles. The van der Waals surface area contributed by atoms with E-state index >= 15 is 0 Å². The zero-order chi connectivity index (χ0) is 13.9. The molecule has 1 saturated carbocycles. The van der Waals surface area contributed by atoms with Crippen LogP contribution in [0.5, 0.6) is 0 Å². The van der Waals surface area contributed by atoms with Crippen LogP contribution in [0.3, 0.4) is 0 Å². The van der Waals surface area contributed by atoms with Gasteiger partial charge in [0.1, 0.15) is 11.2 Å². The van der Waals surface area contributed by atoms with Gasteiger partial charge >= 0.3 is 5.97 Å². The van der Waals surface area contributed by atoms with E-state index in [2.05, 4.69) is 0 Å². The van der Waals surface area contributed by atoms with Crippen molar-refractivity contribution in [3.63, 3.8) is 0 Å². The van der Waals surface area contributed by atoms with Gasteiger partial charge < -0.3 is 9.84 Å². The summed E-state index contributed by atoms with van der Waals surface area (Å²) in [7, 11) is 0. The van der Waals surface area contributed by atoms with E-state index in [9.17, 15) is 9.90 Å². The van der Waals surface area contributed by atoms with Gasteiger partial charge in [-0.05, 0) is 52.0 Å². The van der Waals surface area contributed by atoms with E-state index in [0.29, 0.717) is 18.4 Å². The van der Waals surface area contributed by atoms with Crippen LogP contribution in [-0.4, -0.2) is 28.1 Å². The maximum absolute atomic E-state index is 12.2. The predicted octanol–water partition coefficient (Wildman–Crippen LogP) is 1.99. The lowest BCUT2D eigenvalue weighted by Crippen LogP contribution is -2.58. The third kappa shape index (κ3) is 1.55. The number of ether oxygens (including phenoxy) is 1. The highest BCUT2D eigenvalue weighted by Gasteiger charge is 2.68. The lowest BCUT2D eigenvalue weighted by atomic mass is 9.75. The molecule has 5 heteroatoms. The Morgan fingerprint density at radius 2 is 1.74 bits per heavy atom. The molecule has 0 aromatic rings. The Morgan fingerprint density at radius 3 is 2.37 bits per heavy atom. The van der Waals surface area contributed by atoms with Crippen molar-refractivity contribution in [2.24, 2.45) is 0 Å². The standard InChI is InChI=1S/C14H20O5/c1-9-10-11(15)17-13(7-5-4-6-8-13)14(10,16)19-18-12(9,2)3/h16H,4-8H2,1-3H3/t14-/m0/s1. The van der Waals surface area contributed by atoms with Crippen molar-refractivity contribution in [1.82, 2.24) is 0 Å². The predicted molar refractivity (Wildman–Crippen MR) is 65.8 cm³/mol. The Hall–Kier alpha value is -0.910. The summed E-state index contributed by atoms with van der Waals surface area (Å²) in [5.41, 5.74) is -0.810. The topological polar surface area (TPSA) is 65.0 Å². The van der Waals surface area contributed by atoms with Gasteiger partial charge in [0, 0.05) is 0 Å². The third-order valence-electron chi connectivity index (χ3n) is 4.76. The lowest BCUT2D eigenvalue weighted by Gasteiger charge is -2.44. The highest BCUT2D eigenvalue weighted by Crippen LogP contribution is 2.54. The smallest absolute Gasteiger partial charge is 0.340 e. The monoisotopic (exact) mass is 268 g/mol. The zero-order valence-electron chi connectivity index (χ0n) is 11.6. The van der Waals surface area contributed by atoms with E-state index in [1.807, 2.05) is 0 Å². The van der Waals surface area contributed by atoms with E-state index < -0.39 is 23.0 Å². The second-order valence-electron chi connectivity index (χ2n) is 6.27. The van der Waals surface area contributed by atoms with Crippen molar-refractivity contribution in [3.05, 3.63) is 11.1 Å². The fourth-order valence-corrected chi connectivity index (χ4v) is 3.28. The van der Waals surface area contributed by atoms with Gasteiger partial charge in [-0.2, -0.15) is 4.89 Å². The molecule has 0 radical (unpaired) electrons. The molecule has 0 bridgehead atoms. The maximum atomic E-state index is 12.2. The van der Waals surface area contributed by atoms with Crippen molar-refractivity contribution in [2.45, 2.75) is 69.9 Å². The van der Waals surface area contributed by atoms with E-state index in [0.717, 1.165) is 19.3 Å². The van der Waals surface area contributed by atoms with Crippen LogP contribution >= 0.6 is 0 Å². The first-order valence-corrected chi connectivity index (χ1v) is 6.87. The summed E-state index contributed by atoms with van der Waals surface area (Å²) in [6, 6.07) is 0. The average Bonchev–Trinajstić information content (AvgIpc) is 2.56. The van der Waals surface area contributed by atoms with Crippen molar-refractivity contribution in [2.75, 3.05) is 0 Å². The molecule has 19 heavy (non-hydrogen) atoms. The summed E-state index contributed by atoms with van der Waals surface area (Å²) >= 11 is 0. The van der Waals surface area contributed by atoms with Crippen molar-refractivity contribution < 1.29 is 24.4 Å². The van der Waals surface area contributed by atoms with Crippen LogP contribution in [0.15, 0.2) is 11.1 Å². The first-order valence-electron chi connectivity index (χ1n) is 6.87. The lowest BCUT2D eigenvalue weighted by molar-refractivity contribution is -0.468. The Bertz CT molecular complexity index is 458. The minimum absolute atomic E-state index is 0.227. The Labute approximate surface area is 112 Å². The summed E-state index contributed by atoms with van der Waals surface area (Å²) in [6.07, 6.45) is 4.12. The van der Waals surface area contributed by atoms with Gasteiger partial charge in [-0.3, -0.25) is 0 Å². The Balaban J connectivity index is 2.13. The number of hydrogen-bond acceptors (Lipinski definition) is 5. The molecule has 3 rings (SSSR count). The molecule has 2 aliphatic heterocycles. The Kier molecular flexibility index (Phi) is 2.62. The zero-order valence-corrected chi connectivity index (χ0v) is 11.6. The van der Waals surface area contributed by atoms with Gasteiger partial charge in [-0.15, -0.1) is 0 Å². The molecular weight excluding hydrogens is 248 g/mol. The summed E-state index contributed by atoms with van der Waals surface area (Å²) in [6.45, 7) is 5.38. The molecule has 5 nitrogen and oxygen atoms in total. The number of esters is 1. The number of carbonyl (C=O) groups is 1. The molecule has 3 aliphatic rings. The van der Waals surface area contributed by atoms with Crippen molar-refractivity contribution in [3.8, 4) is 0 Å². The molecular formula is C14H20O5.